The van der Waals surface area contributed by atoms with Crippen LogP contribution >= 0.6 is 0 Å². The summed E-state index contributed by atoms with van der Waals surface area (Å²) in [5.41, 5.74) is 5.54. The quantitative estimate of drug-likeness (QED) is 0.482. The summed E-state index contributed by atoms with van der Waals surface area (Å²) in [4.78, 5) is 27.6. The van der Waals surface area contributed by atoms with Crippen LogP contribution < -0.4 is 4.90 Å². The van der Waals surface area contributed by atoms with E-state index < -0.39 is 0 Å². The number of benzene rings is 1. The molecule has 7 heteroatoms. The van der Waals surface area contributed by atoms with E-state index >= 15 is 0 Å². The molecule has 2 aliphatic rings. The molecule has 166 valence electrons. The summed E-state index contributed by atoms with van der Waals surface area (Å²) >= 11 is 0. The Morgan fingerprint density at radius 1 is 1.06 bits per heavy atom. The molecule has 33 heavy (non-hydrogen) atoms. The van der Waals surface area contributed by atoms with Gasteiger partial charge in [0.15, 0.2) is 11.5 Å². The maximum atomic E-state index is 14.0. The zero-order valence-electron chi connectivity index (χ0n) is 18.9. The van der Waals surface area contributed by atoms with Crippen molar-refractivity contribution in [3.8, 4) is 5.82 Å². The fraction of sp³-hybridized carbons (Fsp3) is 0.308. The Morgan fingerprint density at radius 3 is 2.67 bits per heavy atom. The van der Waals surface area contributed by atoms with Crippen molar-refractivity contribution in [2.75, 3.05) is 25.0 Å². The summed E-state index contributed by atoms with van der Waals surface area (Å²) in [6, 6.07) is 16.1. The first-order chi connectivity index (χ1) is 16.1. The molecule has 0 atom stereocenters. The molecule has 1 aromatic carbocycles. The lowest BCUT2D eigenvalue weighted by molar-refractivity contribution is 0.0753. The molecule has 0 N–H and O–H groups in total. The van der Waals surface area contributed by atoms with Crippen LogP contribution in [-0.4, -0.2) is 50.7 Å². The molecule has 1 aliphatic heterocycles. The number of carbonyl (C=O) groups excluding carboxylic acids is 1. The van der Waals surface area contributed by atoms with Crippen molar-refractivity contribution in [3.63, 3.8) is 0 Å². The van der Waals surface area contributed by atoms with Crippen molar-refractivity contribution in [1.82, 2.24) is 24.6 Å². The van der Waals surface area contributed by atoms with Gasteiger partial charge in [0.25, 0.3) is 5.91 Å². The van der Waals surface area contributed by atoms with Crippen LogP contribution in [0.4, 0.5) is 5.69 Å². The predicted octanol–water partition coefficient (Wildman–Crippen LogP) is 4.09. The number of hydrogen-bond donors (Lipinski definition) is 0. The minimum Gasteiger partial charge on any atom is -0.373 e. The number of amides is 1. The topological polar surface area (TPSA) is 67.2 Å². The maximum absolute atomic E-state index is 14.0. The van der Waals surface area contributed by atoms with Crippen LogP contribution in [0, 0.1) is 6.92 Å². The van der Waals surface area contributed by atoms with Gasteiger partial charge in [0.2, 0.25) is 0 Å². The second-order valence-corrected chi connectivity index (χ2v) is 9.03. The summed E-state index contributed by atoms with van der Waals surface area (Å²) in [6.07, 6.45) is 3.98. The average molecular weight is 439 g/mol. The third-order valence-corrected chi connectivity index (χ3v) is 6.68. The number of para-hydroxylation sites is 1. The summed E-state index contributed by atoms with van der Waals surface area (Å²) in [7, 11) is 2.09. The number of aryl methyl sites for hydroxylation is 1. The van der Waals surface area contributed by atoms with Gasteiger partial charge < -0.3 is 9.80 Å². The zero-order valence-corrected chi connectivity index (χ0v) is 18.9. The van der Waals surface area contributed by atoms with Gasteiger partial charge in [-0.15, -0.1) is 0 Å². The molecule has 0 saturated heterocycles. The summed E-state index contributed by atoms with van der Waals surface area (Å²) < 4.78 is 1.78. The van der Waals surface area contributed by atoms with Crippen molar-refractivity contribution in [2.24, 2.45) is 0 Å². The smallest absolute Gasteiger partial charge is 0.255 e. The highest BCUT2D eigenvalue weighted by atomic mass is 16.2. The molecule has 0 radical (unpaired) electrons. The van der Waals surface area contributed by atoms with E-state index in [1.54, 1.807) is 10.9 Å². The highest BCUT2D eigenvalue weighted by Crippen LogP contribution is 2.41. The lowest BCUT2D eigenvalue weighted by Crippen LogP contribution is -2.34. The van der Waals surface area contributed by atoms with Gasteiger partial charge in [0.05, 0.1) is 16.6 Å². The lowest BCUT2D eigenvalue weighted by atomic mass is 10.1. The van der Waals surface area contributed by atoms with E-state index in [-0.39, 0.29) is 5.91 Å². The van der Waals surface area contributed by atoms with Gasteiger partial charge in [-0.2, -0.15) is 9.78 Å². The lowest BCUT2D eigenvalue weighted by Gasteiger charge is -2.22. The van der Waals surface area contributed by atoms with E-state index in [1.165, 1.54) is 11.3 Å². The number of rotatable bonds is 3. The number of pyridine rings is 2. The summed E-state index contributed by atoms with van der Waals surface area (Å²) in [6.45, 7) is 4.00. The van der Waals surface area contributed by atoms with Gasteiger partial charge in [-0.05, 0) is 49.6 Å². The molecular formula is C26H26N6O. The fourth-order valence-electron chi connectivity index (χ4n) is 4.74. The average Bonchev–Trinajstić information content (AvgIpc) is 3.66. The van der Waals surface area contributed by atoms with Crippen molar-refractivity contribution in [2.45, 2.75) is 32.2 Å². The summed E-state index contributed by atoms with van der Waals surface area (Å²) in [5.74, 6) is 1.17. The van der Waals surface area contributed by atoms with Gasteiger partial charge in [-0.25, -0.2) is 9.97 Å². The molecule has 4 aromatic rings. The number of likely N-dealkylation sites (N-methyl/N-ethyl adjacent to an activating group) is 1. The zero-order chi connectivity index (χ0) is 22.5. The molecule has 1 amide bonds. The number of fused-ring (bicyclic) bond motifs is 2. The molecule has 0 spiro atoms. The Kier molecular flexibility index (Phi) is 4.64. The van der Waals surface area contributed by atoms with Crippen LogP contribution in [0.25, 0.3) is 16.9 Å². The number of anilines is 1. The number of carbonyl (C=O) groups is 1. The fourth-order valence-corrected chi connectivity index (χ4v) is 4.74. The predicted molar refractivity (Wildman–Crippen MR) is 128 cm³/mol. The molecule has 0 unspecified atom stereocenters. The molecular weight excluding hydrogens is 412 g/mol. The van der Waals surface area contributed by atoms with Crippen LogP contribution in [0.5, 0.6) is 0 Å². The Bertz CT molecular complexity index is 1360. The highest BCUT2D eigenvalue weighted by molar-refractivity contribution is 6.07. The van der Waals surface area contributed by atoms with Crippen LogP contribution in [0.1, 0.15) is 46.1 Å². The normalized spacial score (nSPS) is 16.1. The molecule has 0 bridgehead atoms. The second kappa shape index (κ2) is 7.69. The first kappa shape index (κ1) is 19.9. The van der Waals surface area contributed by atoms with Crippen LogP contribution in [-0.2, 0) is 6.54 Å². The molecule has 1 saturated carbocycles. The molecule has 1 fully saturated rings. The first-order valence-corrected chi connectivity index (χ1v) is 11.5. The van der Waals surface area contributed by atoms with Crippen LogP contribution in [0.15, 0.2) is 54.7 Å². The van der Waals surface area contributed by atoms with Gasteiger partial charge in [-0.1, -0.05) is 24.3 Å². The Labute approximate surface area is 192 Å². The van der Waals surface area contributed by atoms with E-state index in [0.29, 0.717) is 36.0 Å². The maximum Gasteiger partial charge on any atom is 0.255 e. The number of aromatic nitrogens is 4. The van der Waals surface area contributed by atoms with Crippen molar-refractivity contribution >= 4 is 22.6 Å². The third-order valence-electron chi connectivity index (χ3n) is 6.68. The number of hydrogen-bond acceptors (Lipinski definition) is 5. The van der Waals surface area contributed by atoms with Gasteiger partial charge in [0, 0.05) is 50.2 Å². The van der Waals surface area contributed by atoms with Gasteiger partial charge >= 0.3 is 0 Å². The van der Waals surface area contributed by atoms with E-state index in [4.69, 9.17) is 10.1 Å². The monoisotopic (exact) mass is 438 g/mol. The second-order valence-electron chi connectivity index (χ2n) is 9.03. The SMILES string of the molecule is Cc1nn(-c2ccccn2)c2nc(C3CC3)cc(C(=O)N3CCN(C)c4ccccc4C3)c12. The van der Waals surface area contributed by atoms with E-state index in [0.717, 1.165) is 36.2 Å². The minimum absolute atomic E-state index is 0.0399. The third kappa shape index (κ3) is 3.44. The molecule has 7 nitrogen and oxygen atoms in total. The van der Waals surface area contributed by atoms with Gasteiger partial charge in [-0.3, -0.25) is 4.79 Å². The van der Waals surface area contributed by atoms with Crippen LogP contribution in [0.2, 0.25) is 0 Å². The molecule has 6 rings (SSSR count). The van der Waals surface area contributed by atoms with E-state index in [2.05, 4.69) is 35.1 Å². The first-order valence-electron chi connectivity index (χ1n) is 11.5. The highest BCUT2D eigenvalue weighted by Gasteiger charge is 2.31. The van der Waals surface area contributed by atoms with Crippen LogP contribution in [0.3, 0.4) is 0 Å². The largest absolute Gasteiger partial charge is 0.373 e. The molecule has 1 aliphatic carbocycles. The Hall–Kier alpha value is -3.74. The Balaban J connectivity index is 1.48. The Morgan fingerprint density at radius 2 is 1.88 bits per heavy atom. The minimum atomic E-state index is 0.0399. The summed E-state index contributed by atoms with van der Waals surface area (Å²) in [5, 5.41) is 5.57. The van der Waals surface area contributed by atoms with E-state index in [1.807, 2.05) is 42.2 Å². The van der Waals surface area contributed by atoms with Crippen molar-refractivity contribution in [1.29, 1.82) is 0 Å². The number of nitrogens with zero attached hydrogens (tertiary/aromatic N) is 6. The molecule has 4 heterocycles. The van der Waals surface area contributed by atoms with Gasteiger partial charge in [0.1, 0.15) is 0 Å². The van der Waals surface area contributed by atoms with Crippen molar-refractivity contribution in [3.05, 3.63) is 77.2 Å². The molecule has 3 aromatic heterocycles. The van der Waals surface area contributed by atoms with Crippen molar-refractivity contribution < 1.29 is 4.79 Å². The van der Waals surface area contributed by atoms with E-state index in [9.17, 15) is 4.79 Å². The standard InChI is InChI=1S/C26H26N6O/c1-17-24-20(26(33)31-14-13-30(2)22-8-4-3-7-19(22)16-31)15-21(18-10-11-18)28-25(24)32(29-17)23-9-5-6-12-27-23/h3-9,12,15,18H,10-11,13-14,16H2,1-2H3.